The van der Waals surface area contributed by atoms with Gasteiger partial charge in [0.25, 0.3) is 11.4 Å². The van der Waals surface area contributed by atoms with Crippen molar-refractivity contribution in [1.29, 1.82) is 0 Å². The SMILES string of the molecule is O=[N+]([O-])c1ccc(C=N/C=C/N=Cc2ccc([N+](=O)[O-])cc2O)c(O)c1. The fourth-order valence-electron chi connectivity index (χ4n) is 1.83. The third-order valence-electron chi connectivity index (χ3n) is 3.12. The summed E-state index contributed by atoms with van der Waals surface area (Å²) in [6.45, 7) is 0. The third-order valence-corrected chi connectivity index (χ3v) is 3.12. The van der Waals surface area contributed by atoms with E-state index in [1.165, 1.54) is 49.1 Å². The third kappa shape index (κ3) is 4.71. The molecule has 132 valence electrons. The first-order chi connectivity index (χ1) is 12.4. The summed E-state index contributed by atoms with van der Waals surface area (Å²) in [5.74, 6) is -0.564. The molecule has 0 unspecified atom stereocenters. The Labute approximate surface area is 146 Å². The van der Waals surface area contributed by atoms with E-state index in [0.717, 1.165) is 12.1 Å². The van der Waals surface area contributed by atoms with Crippen molar-refractivity contribution in [1.82, 2.24) is 0 Å². The topological polar surface area (TPSA) is 151 Å². The molecule has 2 aromatic carbocycles. The maximum absolute atomic E-state index is 10.6. The van der Waals surface area contributed by atoms with Gasteiger partial charge in [-0.2, -0.15) is 0 Å². The van der Waals surface area contributed by atoms with Gasteiger partial charge in [0.15, 0.2) is 0 Å². The van der Waals surface area contributed by atoms with Crippen molar-refractivity contribution in [3.8, 4) is 11.5 Å². The lowest BCUT2D eigenvalue weighted by Crippen LogP contribution is -1.89. The highest BCUT2D eigenvalue weighted by atomic mass is 16.6. The van der Waals surface area contributed by atoms with E-state index in [1.807, 2.05) is 0 Å². The fraction of sp³-hybridized carbons (Fsp3) is 0. The van der Waals surface area contributed by atoms with E-state index in [4.69, 9.17) is 0 Å². The largest absolute Gasteiger partial charge is 0.507 e. The number of nitro groups is 2. The molecule has 2 N–H and O–H groups in total. The molecule has 0 aliphatic rings. The van der Waals surface area contributed by atoms with E-state index in [0.29, 0.717) is 0 Å². The lowest BCUT2D eigenvalue weighted by atomic mass is 10.2. The van der Waals surface area contributed by atoms with Crippen molar-refractivity contribution in [3.05, 3.63) is 80.2 Å². The van der Waals surface area contributed by atoms with Crippen LogP contribution in [-0.2, 0) is 0 Å². The van der Waals surface area contributed by atoms with Gasteiger partial charge in [0.05, 0.1) is 22.0 Å². The smallest absolute Gasteiger partial charge is 0.273 e. The number of phenols is 2. The Bertz CT molecular complexity index is 861. The molecule has 0 fully saturated rings. The van der Waals surface area contributed by atoms with Crippen LogP contribution in [0.25, 0.3) is 0 Å². The van der Waals surface area contributed by atoms with Crippen LogP contribution in [0.5, 0.6) is 11.5 Å². The van der Waals surface area contributed by atoms with Crippen molar-refractivity contribution in [2.75, 3.05) is 0 Å². The van der Waals surface area contributed by atoms with Crippen molar-refractivity contribution in [2.45, 2.75) is 0 Å². The molecule has 0 aliphatic carbocycles. The molecule has 0 bridgehead atoms. The van der Waals surface area contributed by atoms with E-state index in [-0.39, 0.29) is 34.0 Å². The standard InChI is InChI=1S/C16H12N4O6/c21-15-7-13(19(23)24)3-1-11(15)9-17-5-6-18-10-12-2-4-14(20(25)26)8-16(12)22/h1-10,21-22H/b6-5+,17-9?,18-10?. The average Bonchev–Trinajstić information content (AvgIpc) is 2.59. The second-order valence-corrected chi connectivity index (χ2v) is 4.85. The minimum absolute atomic E-state index is 0.234. The summed E-state index contributed by atoms with van der Waals surface area (Å²) in [5.41, 5.74) is 0.111. The molecule has 0 radical (unpaired) electrons. The van der Waals surface area contributed by atoms with Crippen LogP contribution in [0, 0.1) is 20.2 Å². The van der Waals surface area contributed by atoms with Gasteiger partial charge in [-0.05, 0) is 12.1 Å². The van der Waals surface area contributed by atoms with Gasteiger partial charge < -0.3 is 10.2 Å². The molecule has 0 aromatic heterocycles. The predicted molar refractivity (Wildman–Crippen MR) is 93.9 cm³/mol. The van der Waals surface area contributed by atoms with Crippen LogP contribution in [0.15, 0.2) is 58.8 Å². The van der Waals surface area contributed by atoms with Crippen molar-refractivity contribution >= 4 is 23.8 Å². The Morgan fingerprint density at radius 3 is 1.46 bits per heavy atom. The van der Waals surface area contributed by atoms with E-state index in [9.17, 15) is 30.4 Å². The van der Waals surface area contributed by atoms with Gasteiger partial charge in [-0.1, -0.05) is 0 Å². The number of non-ortho nitro benzene ring substituents is 2. The van der Waals surface area contributed by atoms with Gasteiger partial charge in [-0.15, -0.1) is 0 Å². The first kappa shape index (κ1) is 18.3. The minimum atomic E-state index is -0.622. The molecule has 2 rings (SSSR count). The molecular weight excluding hydrogens is 344 g/mol. The predicted octanol–water partition coefficient (Wildman–Crippen LogP) is 2.92. The lowest BCUT2D eigenvalue weighted by Gasteiger charge is -1.97. The van der Waals surface area contributed by atoms with Gasteiger partial charge in [-0.3, -0.25) is 30.2 Å². The Morgan fingerprint density at radius 1 is 0.769 bits per heavy atom. The van der Waals surface area contributed by atoms with Crippen molar-refractivity contribution in [2.24, 2.45) is 9.98 Å². The molecule has 10 heteroatoms. The monoisotopic (exact) mass is 356 g/mol. The summed E-state index contributed by atoms with van der Waals surface area (Å²) in [6, 6.07) is 7.20. The number of nitrogens with zero attached hydrogens (tertiary/aromatic N) is 4. The zero-order valence-electron chi connectivity index (χ0n) is 13.1. The molecule has 0 amide bonds. The number of aromatic hydroxyl groups is 2. The van der Waals surface area contributed by atoms with Crippen LogP contribution >= 0.6 is 0 Å². The van der Waals surface area contributed by atoms with Gasteiger partial charge in [0.2, 0.25) is 0 Å². The maximum Gasteiger partial charge on any atom is 0.273 e. The normalized spacial score (nSPS) is 11.5. The van der Waals surface area contributed by atoms with Crippen molar-refractivity contribution in [3.63, 3.8) is 0 Å². The molecule has 10 nitrogen and oxygen atoms in total. The number of rotatable bonds is 6. The van der Waals surface area contributed by atoms with Crippen LogP contribution in [0.3, 0.4) is 0 Å². The van der Waals surface area contributed by atoms with Gasteiger partial charge in [-0.25, -0.2) is 0 Å². The fourth-order valence-corrected chi connectivity index (χ4v) is 1.83. The Hall–Kier alpha value is -4.08. The Kier molecular flexibility index (Phi) is 5.72. The zero-order valence-corrected chi connectivity index (χ0v) is 13.1. The zero-order chi connectivity index (χ0) is 19.1. The van der Waals surface area contributed by atoms with Crippen LogP contribution in [0.1, 0.15) is 11.1 Å². The van der Waals surface area contributed by atoms with Crippen LogP contribution in [0.4, 0.5) is 11.4 Å². The van der Waals surface area contributed by atoms with Crippen LogP contribution in [0.2, 0.25) is 0 Å². The van der Waals surface area contributed by atoms with Gasteiger partial charge in [0.1, 0.15) is 11.5 Å². The van der Waals surface area contributed by atoms with Gasteiger partial charge >= 0.3 is 0 Å². The highest BCUT2D eigenvalue weighted by Crippen LogP contribution is 2.22. The summed E-state index contributed by atoms with van der Waals surface area (Å²) in [6.07, 6.45) is 5.16. The summed E-state index contributed by atoms with van der Waals surface area (Å²) < 4.78 is 0. The summed E-state index contributed by atoms with van der Waals surface area (Å²) in [4.78, 5) is 27.6. The number of aliphatic imine (C=N–C) groups is 2. The molecule has 0 atom stereocenters. The second kappa shape index (κ2) is 8.15. The quantitative estimate of drug-likeness (QED) is 0.461. The van der Waals surface area contributed by atoms with Crippen molar-refractivity contribution < 1.29 is 20.1 Å². The van der Waals surface area contributed by atoms with Crippen LogP contribution in [-0.4, -0.2) is 32.5 Å². The van der Waals surface area contributed by atoms with E-state index >= 15 is 0 Å². The summed E-state index contributed by atoms with van der Waals surface area (Å²) >= 11 is 0. The second-order valence-electron chi connectivity index (χ2n) is 4.85. The first-order valence-electron chi connectivity index (χ1n) is 7.04. The summed E-state index contributed by atoms with van der Waals surface area (Å²) in [7, 11) is 0. The molecule has 0 heterocycles. The number of nitro benzene ring substituents is 2. The molecular formula is C16H12N4O6. The molecule has 2 aromatic rings. The molecule has 0 spiro atoms. The van der Waals surface area contributed by atoms with Crippen LogP contribution < -0.4 is 0 Å². The number of phenolic OH excluding ortho intramolecular Hbond substituents is 2. The number of benzene rings is 2. The number of hydrogen-bond donors (Lipinski definition) is 2. The first-order valence-corrected chi connectivity index (χ1v) is 7.04. The Morgan fingerprint density at radius 2 is 1.15 bits per heavy atom. The maximum atomic E-state index is 10.6. The van der Waals surface area contributed by atoms with E-state index in [2.05, 4.69) is 9.98 Å². The molecule has 26 heavy (non-hydrogen) atoms. The highest BCUT2D eigenvalue weighted by Gasteiger charge is 2.09. The van der Waals surface area contributed by atoms with E-state index in [1.54, 1.807) is 0 Å². The molecule has 0 aliphatic heterocycles. The molecule has 0 saturated heterocycles. The van der Waals surface area contributed by atoms with Gasteiger partial charge in [0, 0.05) is 48.1 Å². The average molecular weight is 356 g/mol. The minimum Gasteiger partial charge on any atom is -0.507 e. The summed E-state index contributed by atoms with van der Waals surface area (Å²) in [5, 5.41) is 40.5. The molecule has 0 saturated carbocycles. The lowest BCUT2D eigenvalue weighted by molar-refractivity contribution is -0.385. The van der Waals surface area contributed by atoms with E-state index < -0.39 is 9.85 Å². The highest BCUT2D eigenvalue weighted by molar-refractivity contribution is 5.85. The Balaban J connectivity index is 2.01. The number of hydrogen-bond acceptors (Lipinski definition) is 8.